The van der Waals surface area contributed by atoms with Crippen molar-refractivity contribution >= 4 is 28.4 Å². The van der Waals surface area contributed by atoms with Crippen LogP contribution in [0.15, 0.2) is 103 Å². The number of carbonyl (C=O) groups is 2. The van der Waals surface area contributed by atoms with Crippen LogP contribution in [0, 0.1) is 0 Å². The van der Waals surface area contributed by atoms with Gasteiger partial charge in [0, 0.05) is 47.7 Å². The fourth-order valence-electron chi connectivity index (χ4n) is 4.82. The van der Waals surface area contributed by atoms with E-state index in [1.165, 1.54) is 0 Å². The van der Waals surface area contributed by atoms with Crippen LogP contribution < -0.4 is 10.2 Å². The average Bonchev–Trinajstić information content (AvgIpc) is 3.39. The molecule has 0 atom stereocenters. The van der Waals surface area contributed by atoms with Crippen molar-refractivity contribution in [3.8, 4) is 11.3 Å². The molecule has 0 fully saturated rings. The van der Waals surface area contributed by atoms with Gasteiger partial charge in [-0.2, -0.15) is 0 Å². The molecule has 1 aliphatic heterocycles. The molecule has 0 spiro atoms. The summed E-state index contributed by atoms with van der Waals surface area (Å²) in [6, 6.07) is 28.7. The van der Waals surface area contributed by atoms with Gasteiger partial charge in [-0.1, -0.05) is 48.5 Å². The van der Waals surface area contributed by atoms with Crippen molar-refractivity contribution in [3.05, 3.63) is 126 Å². The summed E-state index contributed by atoms with van der Waals surface area (Å²) in [5.74, 6) is -0.148. The number of aromatic nitrogens is 2. The fraction of sp³-hybridized carbons (Fsp3) is 0.0968. The predicted octanol–water partition coefficient (Wildman–Crippen LogP) is 5.43. The lowest BCUT2D eigenvalue weighted by Crippen LogP contribution is -2.28. The second-order valence-electron chi connectivity index (χ2n) is 9.03. The molecule has 1 N–H and O–H groups in total. The maximum Gasteiger partial charge on any atom is 0.258 e. The minimum Gasteiger partial charge on any atom is -0.348 e. The van der Waals surface area contributed by atoms with Crippen LogP contribution in [0.3, 0.4) is 0 Å². The summed E-state index contributed by atoms with van der Waals surface area (Å²) in [4.78, 5) is 37.0. The molecule has 6 heteroatoms. The molecule has 3 aromatic carbocycles. The van der Waals surface area contributed by atoms with Crippen LogP contribution in [-0.4, -0.2) is 28.3 Å². The monoisotopic (exact) mass is 484 g/mol. The number of hydrogen-bond acceptors (Lipinski definition) is 4. The van der Waals surface area contributed by atoms with E-state index in [9.17, 15) is 9.59 Å². The first-order chi connectivity index (χ1) is 18.2. The van der Waals surface area contributed by atoms with E-state index in [-0.39, 0.29) is 11.8 Å². The molecule has 3 heterocycles. The number of amides is 2. The van der Waals surface area contributed by atoms with E-state index in [0.717, 1.165) is 45.4 Å². The summed E-state index contributed by atoms with van der Waals surface area (Å²) in [5, 5.41) is 3.88. The molecule has 0 saturated carbocycles. The van der Waals surface area contributed by atoms with Crippen molar-refractivity contribution in [1.82, 2.24) is 15.3 Å². The summed E-state index contributed by atoms with van der Waals surface area (Å²) in [5.41, 5.74) is 6.71. The minimum atomic E-state index is -0.157. The number of nitrogens with zero attached hydrogens (tertiary/aromatic N) is 3. The normalized spacial score (nSPS) is 12.4. The zero-order chi connectivity index (χ0) is 25.2. The van der Waals surface area contributed by atoms with Crippen LogP contribution in [0.25, 0.3) is 22.2 Å². The van der Waals surface area contributed by atoms with Gasteiger partial charge >= 0.3 is 0 Å². The van der Waals surface area contributed by atoms with Gasteiger partial charge in [-0.25, -0.2) is 4.98 Å². The Kier molecular flexibility index (Phi) is 5.91. The third-order valence-electron chi connectivity index (χ3n) is 6.70. The van der Waals surface area contributed by atoms with Gasteiger partial charge in [0.05, 0.1) is 16.8 Å². The Balaban J connectivity index is 1.22. The summed E-state index contributed by atoms with van der Waals surface area (Å²) in [6.45, 7) is 1.04. The number of rotatable bonds is 5. The number of fused-ring (bicyclic) bond motifs is 2. The van der Waals surface area contributed by atoms with Crippen LogP contribution in [0.1, 0.15) is 31.8 Å². The first-order valence-electron chi connectivity index (χ1n) is 12.2. The van der Waals surface area contributed by atoms with Crippen LogP contribution in [0.5, 0.6) is 0 Å². The number of hydrogen-bond donors (Lipinski definition) is 1. The number of benzene rings is 3. The molecular weight excluding hydrogens is 460 g/mol. The van der Waals surface area contributed by atoms with Gasteiger partial charge in [-0.3, -0.25) is 14.6 Å². The molecule has 0 saturated heterocycles. The van der Waals surface area contributed by atoms with E-state index in [4.69, 9.17) is 4.98 Å². The highest BCUT2D eigenvalue weighted by Gasteiger charge is 2.25. The maximum atomic E-state index is 13.3. The Hall–Kier alpha value is -4.84. The lowest BCUT2D eigenvalue weighted by atomic mass is 10.0. The van der Waals surface area contributed by atoms with Crippen LogP contribution in [0.4, 0.5) is 5.69 Å². The van der Waals surface area contributed by atoms with E-state index < -0.39 is 0 Å². The number of nitrogens with one attached hydrogen (secondary N) is 1. The Labute approximate surface area is 214 Å². The third kappa shape index (κ3) is 4.45. The number of para-hydroxylation sites is 1. The van der Waals surface area contributed by atoms with Crippen molar-refractivity contribution < 1.29 is 9.59 Å². The molecule has 0 bridgehead atoms. The molecule has 180 valence electrons. The minimum absolute atomic E-state index is 0.00923. The topological polar surface area (TPSA) is 75.2 Å². The van der Waals surface area contributed by atoms with Crippen LogP contribution >= 0.6 is 0 Å². The molecule has 37 heavy (non-hydrogen) atoms. The van der Waals surface area contributed by atoms with Crippen molar-refractivity contribution in [2.45, 2.75) is 13.0 Å². The first kappa shape index (κ1) is 22.6. The Morgan fingerprint density at radius 1 is 0.865 bits per heavy atom. The van der Waals surface area contributed by atoms with E-state index in [1.54, 1.807) is 12.4 Å². The van der Waals surface area contributed by atoms with E-state index in [2.05, 4.69) is 16.4 Å². The van der Waals surface area contributed by atoms with Crippen molar-refractivity contribution in [1.29, 1.82) is 0 Å². The Morgan fingerprint density at radius 2 is 1.65 bits per heavy atom. The molecular formula is C31H24N4O2. The predicted molar refractivity (Wildman–Crippen MR) is 144 cm³/mol. The first-order valence-corrected chi connectivity index (χ1v) is 12.2. The molecule has 6 rings (SSSR count). The van der Waals surface area contributed by atoms with Gasteiger partial charge in [0.2, 0.25) is 0 Å². The summed E-state index contributed by atoms with van der Waals surface area (Å²) >= 11 is 0. The molecule has 2 amide bonds. The number of pyridine rings is 2. The number of carbonyl (C=O) groups excluding carboxylic acids is 2. The van der Waals surface area contributed by atoms with Gasteiger partial charge in [0.25, 0.3) is 11.8 Å². The highest BCUT2D eigenvalue weighted by atomic mass is 16.2. The van der Waals surface area contributed by atoms with Gasteiger partial charge in [0.15, 0.2) is 0 Å². The largest absolute Gasteiger partial charge is 0.348 e. The molecule has 2 aromatic heterocycles. The molecule has 0 unspecified atom stereocenters. The standard InChI is InChI=1S/C31H24N4O2/c36-30(26-19-28(22-12-15-32-16-13-22)34-27-9-5-4-8-25(26)27)33-20-21-10-11-29-24(18-21)14-17-35(29)31(37)23-6-2-1-3-7-23/h1-13,15-16,18-19H,14,17,20H2,(H,33,36). The molecule has 0 aliphatic carbocycles. The van der Waals surface area contributed by atoms with Crippen molar-refractivity contribution in [3.63, 3.8) is 0 Å². The van der Waals surface area contributed by atoms with Gasteiger partial charge in [0.1, 0.15) is 0 Å². The van der Waals surface area contributed by atoms with E-state index in [1.807, 2.05) is 89.8 Å². The molecule has 5 aromatic rings. The second kappa shape index (κ2) is 9.66. The smallest absolute Gasteiger partial charge is 0.258 e. The molecule has 6 nitrogen and oxygen atoms in total. The van der Waals surface area contributed by atoms with Gasteiger partial charge < -0.3 is 10.2 Å². The zero-order valence-corrected chi connectivity index (χ0v) is 20.1. The number of anilines is 1. The molecule has 1 aliphatic rings. The van der Waals surface area contributed by atoms with Crippen LogP contribution in [-0.2, 0) is 13.0 Å². The summed E-state index contributed by atoms with van der Waals surface area (Å²) in [6.07, 6.45) is 4.22. The van der Waals surface area contributed by atoms with Crippen LogP contribution in [0.2, 0.25) is 0 Å². The Bertz CT molecular complexity index is 1620. The lowest BCUT2D eigenvalue weighted by molar-refractivity contribution is 0.0951. The zero-order valence-electron chi connectivity index (χ0n) is 20.1. The third-order valence-corrected chi connectivity index (χ3v) is 6.70. The SMILES string of the molecule is O=C(NCc1ccc2c(c1)CCN2C(=O)c1ccccc1)c1cc(-c2ccncc2)nc2ccccc12. The quantitative estimate of drug-likeness (QED) is 0.361. The molecule has 0 radical (unpaired) electrons. The highest BCUT2D eigenvalue weighted by Crippen LogP contribution is 2.30. The van der Waals surface area contributed by atoms with Crippen molar-refractivity contribution in [2.75, 3.05) is 11.4 Å². The second-order valence-corrected chi connectivity index (χ2v) is 9.03. The van der Waals surface area contributed by atoms with E-state index >= 15 is 0 Å². The lowest BCUT2D eigenvalue weighted by Gasteiger charge is -2.18. The Morgan fingerprint density at radius 3 is 2.49 bits per heavy atom. The van der Waals surface area contributed by atoms with E-state index in [0.29, 0.717) is 24.2 Å². The highest BCUT2D eigenvalue weighted by molar-refractivity contribution is 6.08. The van der Waals surface area contributed by atoms with Crippen molar-refractivity contribution in [2.24, 2.45) is 0 Å². The van der Waals surface area contributed by atoms with Gasteiger partial charge in [-0.05, 0) is 60.0 Å². The summed E-state index contributed by atoms with van der Waals surface area (Å²) in [7, 11) is 0. The maximum absolute atomic E-state index is 13.3. The van der Waals surface area contributed by atoms with Gasteiger partial charge in [-0.15, -0.1) is 0 Å². The summed E-state index contributed by atoms with van der Waals surface area (Å²) < 4.78 is 0. The average molecular weight is 485 g/mol. The fourth-order valence-corrected chi connectivity index (χ4v) is 4.82.